The molecular formula is C11H22O. The van der Waals surface area contributed by atoms with Crippen LogP contribution < -0.4 is 0 Å². The molecule has 1 atom stereocenters. The van der Waals surface area contributed by atoms with E-state index < -0.39 is 0 Å². The molecule has 12 heavy (non-hydrogen) atoms. The van der Waals surface area contributed by atoms with Crippen LogP contribution in [0.3, 0.4) is 0 Å². The molecule has 0 bridgehead atoms. The van der Waals surface area contributed by atoms with Gasteiger partial charge in [-0.05, 0) is 50.4 Å². The molecule has 0 heterocycles. The predicted octanol–water partition coefficient (Wildman–Crippen LogP) is 2.83. The van der Waals surface area contributed by atoms with Crippen LogP contribution in [-0.2, 0) is 0 Å². The Morgan fingerprint density at radius 3 is 1.67 bits per heavy atom. The third-order valence-corrected chi connectivity index (χ3v) is 3.44. The Morgan fingerprint density at radius 2 is 1.33 bits per heavy atom. The van der Waals surface area contributed by atoms with Crippen LogP contribution in [0.4, 0.5) is 0 Å². The molecule has 0 radical (unpaired) electrons. The summed E-state index contributed by atoms with van der Waals surface area (Å²) in [7, 11) is 0. The van der Waals surface area contributed by atoms with Crippen LogP contribution in [-0.4, -0.2) is 11.2 Å². The quantitative estimate of drug-likeness (QED) is 0.675. The average Bonchev–Trinajstić information content (AvgIpc) is 2.04. The fourth-order valence-electron chi connectivity index (χ4n) is 2.29. The van der Waals surface area contributed by atoms with Gasteiger partial charge in [0.2, 0.25) is 0 Å². The topological polar surface area (TPSA) is 20.2 Å². The summed E-state index contributed by atoms with van der Waals surface area (Å²) < 4.78 is 0. The van der Waals surface area contributed by atoms with Crippen LogP contribution in [0, 0.1) is 17.8 Å². The summed E-state index contributed by atoms with van der Waals surface area (Å²) in [6.07, 6.45) is 5.04. The lowest BCUT2D eigenvalue weighted by atomic mass is 9.75. The maximum absolute atomic E-state index is 9.40. The van der Waals surface area contributed by atoms with Gasteiger partial charge in [-0.1, -0.05) is 13.8 Å². The van der Waals surface area contributed by atoms with Crippen molar-refractivity contribution in [3.05, 3.63) is 0 Å². The lowest BCUT2D eigenvalue weighted by Crippen LogP contribution is -2.25. The summed E-state index contributed by atoms with van der Waals surface area (Å²) in [5.74, 6) is 2.33. The second kappa shape index (κ2) is 4.27. The van der Waals surface area contributed by atoms with Crippen LogP contribution in [0.5, 0.6) is 0 Å². The largest absolute Gasteiger partial charge is 0.393 e. The van der Waals surface area contributed by atoms with Gasteiger partial charge in [0.05, 0.1) is 6.10 Å². The molecule has 1 aliphatic carbocycles. The van der Waals surface area contributed by atoms with Gasteiger partial charge in [0.1, 0.15) is 0 Å². The van der Waals surface area contributed by atoms with Crippen molar-refractivity contribution >= 4 is 0 Å². The van der Waals surface area contributed by atoms with Crippen molar-refractivity contribution in [2.45, 2.75) is 52.6 Å². The van der Waals surface area contributed by atoms with Crippen molar-refractivity contribution in [1.82, 2.24) is 0 Å². The summed E-state index contributed by atoms with van der Waals surface area (Å²) in [6.45, 7) is 6.56. The second-order valence-corrected chi connectivity index (χ2v) is 4.66. The van der Waals surface area contributed by atoms with Crippen LogP contribution in [0.25, 0.3) is 0 Å². The van der Waals surface area contributed by atoms with Crippen LogP contribution in [0.2, 0.25) is 0 Å². The highest BCUT2D eigenvalue weighted by Crippen LogP contribution is 2.34. The van der Waals surface area contributed by atoms with E-state index in [0.717, 1.165) is 11.8 Å². The van der Waals surface area contributed by atoms with Crippen molar-refractivity contribution in [1.29, 1.82) is 0 Å². The van der Waals surface area contributed by atoms with E-state index in [1.165, 1.54) is 25.7 Å². The molecule has 1 fully saturated rings. The number of hydrogen-bond donors (Lipinski definition) is 1. The minimum Gasteiger partial charge on any atom is -0.393 e. The Labute approximate surface area is 76.2 Å². The highest BCUT2D eigenvalue weighted by Gasteiger charge is 2.25. The SMILES string of the molecule is CC(C)C1CCC([C@H](C)O)CC1. The summed E-state index contributed by atoms with van der Waals surface area (Å²) in [6, 6.07) is 0. The van der Waals surface area contributed by atoms with E-state index in [1.54, 1.807) is 0 Å². The fraction of sp³-hybridized carbons (Fsp3) is 1.00. The third-order valence-electron chi connectivity index (χ3n) is 3.44. The normalized spacial score (nSPS) is 33.8. The first-order valence-corrected chi connectivity index (χ1v) is 5.29. The van der Waals surface area contributed by atoms with Crippen molar-refractivity contribution in [2.75, 3.05) is 0 Å². The van der Waals surface area contributed by atoms with E-state index in [1.807, 2.05) is 6.92 Å². The Bertz CT molecular complexity index is 105. The molecule has 0 aromatic rings. The first kappa shape index (κ1) is 10.0. The van der Waals surface area contributed by atoms with Crippen molar-refractivity contribution in [2.24, 2.45) is 17.8 Å². The smallest absolute Gasteiger partial charge is 0.0540 e. The molecular weight excluding hydrogens is 148 g/mol. The van der Waals surface area contributed by atoms with Crippen LogP contribution >= 0.6 is 0 Å². The van der Waals surface area contributed by atoms with Crippen LogP contribution in [0.1, 0.15) is 46.5 Å². The second-order valence-electron chi connectivity index (χ2n) is 4.66. The number of hydrogen-bond acceptors (Lipinski definition) is 1. The number of aliphatic hydroxyl groups is 1. The van der Waals surface area contributed by atoms with E-state index in [-0.39, 0.29) is 6.10 Å². The molecule has 1 nitrogen and oxygen atoms in total. The molecule has 0 aromatic carbocycles. The minimum absolute atomic E-state index is 0.0851. The molecule has 0 amide bonds. The Kier molecular flexibility index (Phi) is 3.57. The van der Waals surface area contributed by atoms with Crippen LogP contribution in [0.15, 0.2) is 0 Å². The fourth-order valence-corrected chi connectivity index (χ4v) is 2.29. The highest BCUT2D eigenvalue weighted by atomic mass is 16.3. The first-order valence-electron chi connectivity index (χ1n) is 5.29. The lowest BCUT2D eigenvalue weighted by molar-refractivity contribution is 0.0810. The molecule has 72 valence electrons. The molecule has 0 spiro atoms. The molecule has 0 saturated heterocycles. The van der Waals surface area contributed by atoms with Crippen molar-refractivity contribution in [3.63, 3.8) is 0 Å². The van der Waals surface area contributed by atoms with Gasteiger partial charge in [-0.2, -0.15) is 0 Å². The van der Waals surface area contributed by atoms with E-state index in [4.69, 9.17) is 0 Å². The Hall–Kier alpha value is -0.0400. The zero-order chi connectivity index (χ0) is 9.14. The first-order chi connectivity index (χ1) is 5.61. The van der Waals surface area contributed by atoms with Crippen molar-refractivity contribution < 1.29 is 5.11 Å². The van der Waals surface area contributed by atoms with Gasteiger partial charge in [0.15, 0.2) is 0 Å². The zero-order valence-electron chi connectivity index (χ0n) is 8.59. The van der Waals surface area contributed by atoms with E-state index in [2.05, 4.69) is 13.8 Å². The average molecular weight is 170 g/mol. The van der Waals surface area contributed by atoms with E-state index >= 15 is 0 Å². The molecule has 1 rings (SSSR count). The molecule has 1 aliphatic rings. The van der Waals surface area contributed by atoms with Gasteiger partial charge in [0, 0.05) is 0 Å². The monoisotopic (exact) mass is 170 g/mol. The summed E-state index contributed by atoms with van der Waals surface area (Å²) in [5.41, 5.74) is 0. The van der Waals surface area contributed by atoms with Gasteiger partial charge >= 0.3 is 0 Å². The zero-order valence-corrected chi connectivity index (χ0v) is 8.59. The van der Waals surface area contributed by atoms with E-state index in [0.29, 0.717) is 5.92 Å². The van der Waals surface area contributed by atoms with Gasteiger partial charge in [-0.3, -0.25) is 0 Å². The number of aliphatic hydroxyl groups excluding tert-OH is 1. The standard InChI is InChI=1S/C11H22O/c1-8(2)10-4-6-11(7-5-10)9(3)12/h8-12H,4-7H2,1-3H3/t9-,10?,11?/m0/s1. The Balaban J connectivity index is 2.30. The molecule has 0 aromatic heterocycles. The molecule has 0 unspecified atom stereocenters. The predicted molar refractivity (Wildman–Crippen MR) is 52.0 cm³/mol. The maximum Gasteiger partial charge on any atom is 0.0540 e. The molecule has 1 N–H and O–H groups in total. The highest BCUT2D eigenvalue weighted by molar-refractivity contribution is 4.76. The summed E-state index contributed by atoms with van der Waals surface area (Å²) in [5, 5.41) is 9.40. The minimum atomic E-state index is -0.0851. The summed E-state index contributed by atoms with van der Waals surface area (Å²) in [4.78, 5) is 0. The van der Waals surface area contributed by atoms with Crippen molar-refractivity contribution in [3.8, 4) is 0 Å². The van der Waals surface area contributed by atoms with E-state index in [9.17, 15) is 5.11 Å². The lowest BCUT2D eigenvalue weighted by Gasteiger charge is -2.32. The van der Waals surface area contributed by atoms with Gasteiger partial charge in [-0.15, -0.1) is 0 Å². The summed E-state index contributed by atoms with van der Waals surface area (Å²) >= 11 is 0. The molecule has 1 heteroatoms. The van der Waals surface area contributed by atoms with Gasteiger partial charge in [0.25, 0.3) is 0 Å². The van der Waals surface area contributed by atoms with Gasteiger partial charge < -0.3 is 5.11 Å². The Morgan fingerprint density at radius 1 is 0.917 bits per heavy atom. The maximum atomic E-state index is 9.40. The molecule has 1 saturated carbocycles. The molecule has 0 aliphatic heterocycles. The van der Waals surface area contributed by atoms with Gasteiger partial charge in [-0.25, -0.2) is 0 Å². The number of rotatable bonds is 2. The third kappa shape index (κ3) is 2.48.